The van der Waals surface area contributed by atoms with Gasteiger partial charge in [-0.1, -0.05) is 127 Å². The van der Waals surface area contributed by atoms with Gasteiger partial charge in [-0.25, -0.2) is 0 Å². The average molecular weight is 696 g/mol. The van der Waals surface area contributed by atoms with Gasteiger partial charge in [0, 0.05) is 40.3 Å². The first kappa shape index (κ1) is 30.5. The Bertz CT molecular complexity index is 2900. The Labute approximate surface area is 309 Å². The van der Waals surface area contributed by atoms with Crippen LogP contribution >= 0.6 is 22.7 Å². The number of fused-ring (bicyclic) bond motifs is 6. The molecular formula is C49H29NS2. The van der Waals surface area contributed by atoms with Crippen LogP contribution in [0.3, 0.4) is 0 Å². The highest BCUT2D eigenvalue weighted by atomic mass is 32.1. The maximum Gasteiger partial charge on any atom is 0.0998 e. The van der Waals surface area contributed by atoms with E-state index in [-0.39, 0.29) is 0 Å². The van der Waals surface area contributed by atoms with Gasteiger partial charge in [0.05, 0.1) is 11.6 Å². The van der Waals surface area contributed by atoms with E-state index in [1.54, 1.807) is 0 Å². The summed E-state index contributed by atoms with van der Waals surface area (Å²) in [5, 5.41) is 15.4. The first-order valence-electron chi connectivity index (χ1n) is 17.4. The molecule has 0 unspecified atom stereocenters. The minimum absolute atomic E-state index is 0.664. The Morgan fingerprint density at radius 1 is 0.327 bits per heavy atom. The van der Waals surface area contributed by atoms with E-state index in [0.717, 1.165) is 27.8 Å². The standard InChI is InChI=1S/C49H29NS2/c50-30-34-13-4-5-14-38(34)36-25-35(31-11-2-1-3-12-31)26-37(27-36)49-39(32-21-23-43-41-15-6-8-19-45(41)51-47(43)28-32)17-10-18-40(49)33-22-24-44-42-16-7-9-20-46(42)52-48(44)29-33/h1-29H. The van der Waals surface area contributed by atoms with E-state index < -0.39 is 0 Å². The van der Waals surface area contributed by atoms with Crippen molar-refractivity contribution < 1.29 is 0 Å². The Balaban J connectivity index is 1.27. The molecule has 10 aromatic rings. The largest absolute Gasteiger partial charge is 0.192 e. The van der Waals surface area contributed by atoms with Crippen LogP contribution in [0, 0.1) is 11.3 Å². The molecule has 3 heteroatoms. The predicted molar refractivity (Wildman–Crippen MR) is 224 cm³/mol. The minimum atomic E-state index is 0.664. The number of hydrogen-bond donors (Lipinski definition) is 0. The molecular weight excluding hydrogens is 667 g/mol. The molecule has 10 rings (SSSR count). The van der Waals surface area contributed by atoms with Gasteiger partial charge in [-0.2, -0.15) is 5.26 Å². The van der Waals surface area contributed by atoms with Crippen molar-refractivity contribution in [1.82, 2.24) is 0 Å². The Hall–Kier alpha value is -6.31. The molecule has 0 bridgehead atoms. The molecule has 242 valence electrons. The predicted octanol–water partition coefficient (Wildman–Crippen LogP) is 14.6. The third kappa shape index (κ3) is 5.12. The van der Waals surface area contributed by atoms with E-state index in [0.29, 0.717) is 5.56 Å². The molecule has 0 amide bonds. The first-order valence-corrected chi connectivity index (χ1v) is 19.0. The molecule has 0 saturated carbocycles. The van der Waals surface area contributed by atoms with E-state index in [2.05, 4.69) is 164 Å². The van der Waals surface area contributed by atoms with Gasteiger partial charge in [0.1, 0.15) is 0 Å². The van der Waals surface area contributed by atoms with Crippen LogP contribution in [-0.2, 0) is 0 Å². The summed E-state index contributed by atoms with van der Waals surface area (Å²) in [6.07, 6.45) is 0. The Morgan fingerprint density at radius 2 is 0.827 bits per heavy atom. The lowest BCUT2D eigenvalue weighted by molar-refractivity contribution is 1.47. The van der Waals surface area contributed by atoms with Crippen LogP contribution in [0.1, 0.15) is 5.56 Å². The highest BCUT2D eigenvalue weighted by Crippen LogP contribution is 2.46. The van der Waals surface area contributed by atoms with Crippen LogP contribution in [-0.4, -0.2) is 0 Å². The molecule has 2 heterocycles. The van der Waals surface area contributed by atoms with Gasteiger partial charge in [-0.15, -0.1) is 22.7 Å². The van der Waals surface area contributed by atoms with Crippen molar-refractivity contribution in [1.29, 1.82) is 5.26 Å². The second-order valence-corrected chi connectivity index (χ2v) is 15.3. The van der Waals surface area contributed by atoms with Gasteiger partial charge >= 0.3 is 0 Å². The summed E-state index contributed by atoms with van der Waals surface area (Å²) in [4.78, 5) is 0. The van der Waals surface area contributed by atoms with Crippen molar-refractivity contribution >= 4 is 63.0 Å². The van der Waals surface area contributed by atoms with Crippen molar-refractivity contribution in [2.24, 2.45) is 0 Å². The molecule has 2 aromatic heterocycles. The maximum atomic E-state index is 10.2. The number of benzene rings is 8. The lowest BCUT2D eigenvalue weighted by Gasteiger charge is -2.19. The Kier molecular flexibility index (Phi) is 7.32. The molecule has 0 fully saturated rings. The van der Waals surface area contributed by atoms with Crippen LogP contribution in [0.5, 0.6) is 0 Å². The fraction of sp³-hybridized carbons (Fsp3) is 0. The number of nitrogens with zero attached hydrogens (tertiary/aromatic N) is 1. The molecule has 0 aliphatic heterocycles. The van der Waals surface area contributed by atoms with Crippen molar-refractivity contribution in [3.63, 3.8) is 0 Å². The van der Waals surface area contributed by atoms with Crippen molar-refractivity contribution in [2.75, 3.05) is 0 Å². The molecule has 0 saturated heterocycles. The summed E-state index contributed by atoms with van der Waals surface area (Å²) >= 11 is 3.70. The van der Waals surface area contributed by atoms with E-state index in [9.17, 15) is 5.26 Å². The quantitative estimate of drug-likeness (QED) is 0.176. The summed E-state index contributed by atoms with van der Waals surface area (Å²) in [5.41, 5.74) is 11.9. The average Bonchev–Trinajstić information content (AvgIpc) is 3.78. The SMILES string of the molecule is N#Cc1ccccc1-c1cc(-c2ccccc2)cc(-c2c(-c3ccc4c(c3)sc3ccccc34)cccc2-c2ccc3c(c2)sc2ccccc23)c1. The van der Waals surface area contributed by atoms with Gasteiger partial charge in [0.25, 0.3) is 0 Å². The first-order chi connectivity index (χ1) is 25.7. The molecule has 0 N–H and O–H groups in total. The molecule has 0 aliphatic carbocycles. The minimum Gasteiger partial charge on any atom is -0.192 e. The number of nitriles is 1. The number of rotatable bonds is 5. The zero-order valence-corrected chi connectivity index (χ0v) is 29.6. The molecule has 0 radical (unpaired) electrons. The van der Waals surface area contributed by atoms with Crippen LogP contribution in [0.2, 0.25) is 0 Å². The van der Waals surface area contributed by atoms with Crippen molar-refractivity contribution in [2.45, 2.75) is 0 Å². The topological polar surface area (TPSA) is 23.8 Å². The molecule has 52 heavy (non-hydrogen) atoms. The van der Waals surface area contributed by atoms with Crippen LogP contribution in [0.25, 0.3) is 96.0 Å². The summed E-state index contributed by atoms with van der Waals surface area (Å²) in [6, 6.07) is 65.7. The fourth-order valence-electron chi connectivity index (χ4n) is 7.69. The molecule has 8 aromatic carbocycles. The monoisotopic (exact) mass is 695 g/mol. The molecule has 1 nitrogen and oxygen atoms in total. The Morgan fingerprint density at radius 3 is 1.46 bits per heavy atom. The summed E-state index contributed by atoms with van der Waals surface area (Å²) in [7, 11) is 0. The van der Waals surface area contributed by atoms with Crippen LogP contribution < -0.4 is 0 Å². The van der Waals surface area contributed by atoms with Crippen molar-refractivity contribution in [3.8, 4) is 61.7 Å². The summed E-state index contributed by atoms with van der Waals surface area (Å²) in [5.74, 6) is 0. The zero-order chi connectivity index (χ0) is 34.6. The van der Waals surface area contributed by atoms with Gasteiger partial charge in [0.2, 0.25) is 0 Å². The third-order valence-corrected chi connectivity index (χ3v) is 12.4. The highest BCUT2D eigenvalue weighted by molar-refractivity contribution is 7.26. The summed E-state index contributed by atoms with van der Waals surface area (Å²) < 4.78 is 5.17. The smallest absolute Gasteiger partial charge is 0.0998 e. The molecule has 0 spiro atoms. The summed E-state index contributed by atoms with van der Waals surface area (Å²) in [6.45, 7) is 0. The van der Waals surface area contributed by atoms with Crippen molar-refractivity contribution in [3.05, 3.63) is 181 Å². The second-order valence-electron chi connectivity index (χ2n) is 13.2. The van der Waals surface area contributed by atoms with E-state index in [1.807, 2.05) is 40.9 Å². The van der Waals surface area contributed by atoms with Gasteiger partial charge in [0.15, 0.2) is 0 Å². The third-order valence-electron chi connectivity index (χ3n) is 10.1. The normalized spacial score (nSPS) is 11.4. The van der Waals surface area contributed by atoms with E-state index >= 15 is 0 Å². The van der Waals surface area contributed by atoms with Gasteiger partial charge in [-0.05, 0) is 104 Å². The maximum absolute atomic E-state index is 10.2. The van der Waals surface area contributed by atoms with Gasteiger partial charge < -0.3 is 0 Å². The fourth-order valence-corrected chi connectivity index (χ4v) is 9.98. The molecule has 0 atom stereocenters. The lowest BCUT2D eigenvalue weighted by atomic mass is 9.84. The molecule has 0 aliphatic rings. The highest BCUT2D eigenvalue weighted by Gasteiger charge is 2.19. The van der Waals surface area contributed by atoms with E-state index in [4.69, 9.17) is 0 Å². The van der Waals surface area contributed by atoms with Gasteiger partial charge in [-0.3, -0.25) is 0 Å². The zero-order valence-electron chi connectivity index (χ0n) is 28.0. The second kappa shape index (κ2) is 12.5. The van der Waals surface area contributed by atoms with Crippen LogP contribution in [0.4, 0.5) is 0 Å². The van der Waals surface area contributed by atoms with E-state index in [1.165, 1.54) is 68.2 Å². The number of hydrogen-bond acceptors (Lipinski definition) is 3. The van der Waals surface area contributed by atoms with Crippen LogP contribution in [0.15, 0.2) is 176 Å². The lowest BCUT2D eigenvalue weighted by Crippen LogP contribution is -1.93. The number of thiophene rings is 2.